The Balaban J connectivity index is 1.38. The van der Waals surface area contributed by atoms with Crippen LogP contribution in [0.25, 0.3) is 0 Å². The minimum absolute atomic E-state index is 0.255. The number of hydrogen-bond acceptors (Lipinski definition) is 7. The summed E-state index contributed by atoms with van der Waals surface area (Å²) < 4.78 is 6.01. The molecule has 0 bridgehead atoms. The number of hydrazine groups is 1. The zero-order chi connectivity index (χ0) is 17.1. The first kappa shape index (κ1) is 16.5. The topological polar surface area (TPSA) is 76.8 Å². The summed E-state index contributed by atoms with van der Waals surface area (Å²) in [5.41, 5.74) is 7.46. The van der Waals surface area contributed by atoms with E-state index in [2.05, 4.69) is 31.7 Å². The van der Waals surface area contributed by atoms with Gasteiger partial charge in [0.2, 0.25) is 0 Å². The lowest BCUT2D eigenvalue weighted by Crippen LogP contribution is -2.33. The number of hydrogen-bond donors (Lipinski definition) is 3. The Labute approximate surface area is 147 Å². The Kier molecular flexibility index (Phi) is 4.98. The molecule has 2 unspecified atom stereocenters. The summed E-state index contributed by atoms with van der Waals surface area (Å²) in [6.45, 7) is 4.75. The Morgan fingerprint density at radius 1 is 1.16 bits per heavy atom. The van der Waals surface area contributed by atoms with E-state index in [9.17, 15) is 5.11 Å². The van der Waals surface area contributed by atoms with Crippen LogP contribution in [-0.2, 0) is 6.54 Å². The number of anilines is 1. The minimum Gasteiger partial charge on any atom is -0.463 e. The summed E-state index contributed by atoms with van der Waals surface area (Å²) in [6.07, 6.45) is 4.24. The van der Waals surface area contributed by atoms with Gasteiger partial charge in [-0.25, -0.2) is 5.43 Å². The number of rotatable bonds is 4. The predicted molar refractivity (Wildman–Crippen MR) is 94.9 cm³/mol. The smallest absolute Gasteiger partial charge is 0.122 e. The zero-order valence-corrected chi connectivity index (χ0v) is 14.3. The number of aliphatic hydroxyl groups is 1. The van der Waals surface area contributed by atoms with Crippen molar-refractivity contribution in [2.75, 3.05) is 37.6 Å². The highest BCUT2D eigenvalue weighted by molar-refractivity contribution is 5.44. The Hall–Kier alpha value is -1.93. The molecule has 2 aliphatic rings. The molecular weight excluding hydrogens is 318 g/mol. The van der Waals surface area contributed by atoms with Gasteiger partial charge in [-0.05, 0) is 30.7 Å². The summed E-state index contributed by atoms with van der Waals surface area (Å²) in [4.78, 5) is 8.54. The molecule has 4 rings (SSSR count). The van der Waals surface area contributed by atoms with Gasteiger partial charge in [0.15, 0.2) is 0 Å². The van der Waals surface area contributed by atoms with Crippen molar-refractivity contribution in [2.45, 2.75) is 25.1 Å². The van der Waals surface area contributed by atoms with Gasteiger partial charge in [0.25, 0.3) is 0 Å². The zero-order valence-electron chi connectivity index (χ0n) is 14.3. The normalized spacial score (nSPS) is 25.2. The van der Waals surface area contributed by atoms with Crippen molar-refractivity contribution in [3.8, 4) is 0 Å². The van der Waals surface area contributed by atoms with Crippen LogP contribution in [0.15, 0.2) is 41.1 Å². The fraction of sp³-hybridized carbons (Fsp3) is 0.500. The first-order chi connectivity index (χ1) is 12.3. The molecule has 2 saturated heterocycles. The highest BCUT2D eigenvalue weighted by Gasteiger charge is 2.23. The van der Waals surface area contributed by atoms with Crippen molar-refractivity contribution < 1.29 is 9.52 Å². The van der Waals surface area contributed by atoms with Crippen LogP contribution in [0.1, 0.15) is 24.0 Å². The Morgan fingerprint density at radius 2 is 2.04 bits per heavy atom. The third-order valence-corrected chi connectivity index (χ3v) is 4.85. The molecule has 2 aliphatic heterocycles. The first-order valence-corrected chi connectivity index (χ1v) is 8.90. The maximum atomic E-state index is 10.4. The molecule has 2 aromatic heterocycles. The average Bonchev–Trinajstić information content (AvgIpc) is 3.27. The highest BCUT2D eigenvalue weighted by Crippen LogP contribution is 2.23. The first-order valence-electron chi connectivity index (χ1n) is 8.90. The van der Waals surface area contributed by atoms with E-state index in [4.69, 9.17) is 4.42 Å². The van der Waals surface area contributed by atoms with Gasteiger partial charge in [-0.2, -0.15) is 0 Å². The lowest BCUT2D eigenvalue weighted by Gasteiger charge is -2.23. The van der Waals surface area contributed by atoms with Crippen LogP contribution >= 0.6 is 0 Å². The number of furan rings is 1. The van der Waals surface area contributed by atoms with Gasteiger partial charge in [-0.15, -0.1) is 0 Å². The van der Waals surface area contributed by atoms with E-state index >= 15 is 0 Å². The molecule has 7 heteroatoms. The van der Waals surface area contributed by atoms with Crippen LogP contribution in [0.2, 0.25) is 0 Å². The summed E-state index contributed by atoms with van der Waals surface area (Å²) in [7, 11) is 0. The second-order valence-corrected chi connectivity index (χ2v) is 6.76. The number of nitrogens with one attached hydrogen (secondary N) is 2. The van der Waals surface area contributed by atoms with Crippen molar-refractivity contribution in [3.63, 3.8) is 0 Å². The van der Waals surface area contributed by atoms with Crippen molar-refractivity contribution in [2.24, 2.45) is 0 Å². The number of aromatic nitrogens is 1. The average molecular weight is 343 g/mol. The Morgan fingerprint density at radius 3 is 2.84 bits per heavy atom. The van der Waals surface area contributed by atoms with E-state index in [0.29, 0.717) is 13.1 Å². The number of β-amino-alcohol motifs (C(OH)–C–C–N with tert-alkyl or cyclic N) is 1. The molecule has 4 heterocycles. The third kappa shape index (κ3) is 4.01. The van der Waals surface area contributed by atoms with Crippen molar-refractivity contribution in [1.29, 1.82) is 0 Å². The third-order valence-electron chi connectivity index (χ3n) is 4.85. The monoisotopic (exact) mass is 343 g/mol. The lowest BCUT2D eigenvalue weighted by molar-refractivity contribution is 0.124. The molecule has 2 aromatic rings. The van der Waals surface area contributed by atoms with Crippen molar-refractivity contribution >= 4 is 5.69 Å². The van der Waals surface area contributed by atoms with Crippen LogP contribution < -0.4 is 15.8 Å². The molecule has 0 spiro atoms. The Bertz CT molecular complexity index is 671. The van der Waals surface area contributed by atoms with Crippen LogP contribution in [0.4, 0.5) is 5.69 Å². The molecule has 134 valence electrons. The van der Waals surface area contributed by atoms with E-state index in [-0.39, 0.29) is 12.1 Å². The van der Waals surface area contributed by atoms with Gasteiger partial charge in [-0.1, -0.05) is 0 Å². The molecule has 3 N–H and O–H groups in total. The molecular formula is C18H25N5O2. The number of nitrogens with zero attached hydrogens (tertiary/aromatic N) is 3. The fourth-order valence-corrected chi connectivity index (χ4v) is 3.57. The molecule has 0 saturated carbocycles. The van der Waals surface area contributed by atoms with E-state index in [0.717, 1.165) is 49.8 Å². The van der Waals surface area contributed by atoms with Crippen LogP contribution in [-0.4, -0.2) is 53.8 Å². The molecule has 2 fully saturated rings. The molecule has 0 amide bonds. The maximum absolute atomic E-state index is 10.4. The molecule has 0 aliphatic carbocycles. The molecule has 0 radical (unpaired) electrons. The second-order valence-electron chi connectivity index (χ2n) is 6.76. The van der Waals surface area contributed by atoms with E-state index in [1.165, 1.54) is 0 Å². The van der Waals surface area contributed by atoms with Gasteiger partial charge < -0.3 is 14.4 Å². The number of pyridine rings is 1. The van der Waals surface area contributed by atoms with E-state index < -0.39 is 0 Å². The summed E-state index contributed by atoms with van der Waals surface area (Å²) in [5.74, 6) is 1.93. The standard InChI is InChI=1S/C18H25N5O2/c24-15-11-22(9-10-23(12-15)14-3-6-19-7-4-14)13-16-1-2-18(25-16)17-5-8-20-21-17/h1-4,6-7,15,17,20-21,24H,5,8-13H2. The summed E-state index contributed by atoms with van der Waals surface area (Å²) >= 11 is 0. The highest BCUT2D eigenvalue weighted by atomic mass is 16.3. The molecule has 7 nitrogen and oxygen atoms in total. The minimum atomic E-state index is -0.384. The molecule has 0 aromatic carbocycles. The van der Waals surface area contributed by atoms with Crippen molar-refractivity contribution in [3.05, 3.63) is 48.2 Å². The largest absolute Gasteiger partial charge is 0.463 e. The molecule has 25 heavy (non-hydrogen) atoms. The van der Waals surface area contributed by atoms with Gasteiger partial charge >= 0.3 is 0 Å². The molecule has 2 atom stereocenters. The van der Waals surface area contributed by atoms with E-state index in [1.54, 1.807) is 12.4 Å². The quantitative estimate of drug-likeness (QED) is 0.761. The second kappa shape index (κ2) is 7.53. The van der Waals surface area contributed by atoms with Crippen LogP contribution in [0.3, 0.4) is 0 Å². The van der Waals surface area contributed by atoms with Gasteiger partial charge in [0.1, 0.15) is 11.5 Å². The summed E-state index contributed by atoms with van der Waals surface area (Å²) in [6, 6.07) is 8.34. The lowest BCUT2D eigenvalue weighted by atomic mass is 10.2. The van der Waals surface area contributed by atoms with Gasteiger partial charge in [0.05, 0.1) is 18.7 Å². The van der Waals surface area contributed by atoms with Crippen LogP contribution in [0, 0.1) is 0 Å². The van der Waals surface area contributed by atoms with Crippen LogP contribution in [0.5, 0.6) is 0 Å². The SMILES string of the molecule is OC1CN(Cc2ccc(C3CCNN3)o2)CCN(c2ccncc2)C1. The summed E-state index contributed by atoms with van der Waals surface area (Å²) in [5, 5.41) is 10.4. The van der Waals surface area contributed by atoms with E-state index in [1.807, 2.05) is 18.2 Å². The predicted octanol–water partition coefficient (Wildman–Crippen LogP) is 0.897. The number of aliphatic hydroxyl groups excluding tert-OH is 1. The van der Waals surface area contributed by atoms with Gasteiger partial charge in [-0.3, -0.25) is 15.3 Å². The fourth-order valence-electron chi connectivity index (χ4n) is 3.57. The van der Waals surface area contributed by atoms with Crippen molar-refractivity contribution in [1.82, 2.24) is 20.7 Å². The maximum Gasteiger partial charge on any atom is 0.122 e. The van der Waals surface area contributed by atoms with Gasteiger partial charge in [0, 0.05) is 50.8 Å².